The van der Waals surface area contributed by atoms with Gasteiger partial charge in [0.25, 0.3) is 5.65 Å². The van der Waals surface area contributed by atoms with Gasteiger partial charge in [-0.3, -0.25) is 4.79 Å². The standard InChI is InChI=1S/C22H19N3OS.C7H8O3S/c1-16(26)23-18-10-8-17(9-11-18)21-15-25-14-20(12-13-22(25)24(21)2)27-19-6-4-3-5-7-19;1-6-2-4-7(5-3-6)11(8,9)10/h3-15H,1-2H3;2-5H,1H3,(H,8,9,10). The highest BCUT2D eigenvalue weighted by Crippen LogP contribution is 2.27. The summed E-state index contributed by atoms with van der Waals surface area (Å²) in [6, 6.07) is 28.4. The number of anilines is 1. The molecule has 0 saturated carbocycles. The lowest BCUT2D eigenvalue weighted by Gasteiger charge is -2.05. The van der Waals surface area contributed by atoms with Crippen LogP contribution in [0.2, 0.25) is 0 Å². The summed E-state index contributed by atoms with van der Waals surface area (Å²) in [5.74, 6) is -0.0636. The van der Waals surface area contributed by atoms with Crippen molar-refractivity contribution in [2.45, 2.75) is 28.5 Å². The van der Waals surface area contributed by atoms with Crippen molar-refractivity contribution in [3.05, 3.63) is 109 Å². The van der Waals surface area contributed by atoms with Crippen LogP contribution in [-0.4, -0.2) is 23.4 Å². The first-order chi connectivity index (χ1) is 18.1. The van der Waals surface area contributed by atoms with Gasteiger partial charge >= 0.3 is 0 Å². The molecule has 1 N–H and O–H groups in total. The Bertz CT molecular complexity index is 1660. The molecule has 0 spiro atoms. The molecule has 2 heterocycles. The van der Waals surface area contributed by atoms with Crippen LogP contribution in [0.4, 0.5) is 5.69 Å². The van der Waals surface area contributed by atoms with E-state index in [-0.39, 0.29) is 10.8 Å². The highest BCUT2D eigenvalue weighted by Gasteiger charge is 2.16. The molecule has 0 radical (unpaired) electrons. The molecule has 0 atom stereocenters. The van der Waals surface area contributed by atoms with E-state index in [1.165, 1.54) is 28.8 Å². The molecule has 1 amide bonds. The maximum absolute atomic E-state index is 11.2. The average Bonchev–Trinajstić information content (AvgIpc) is 3.20. The monoisotopic (exact) mass is 545 g/mol. The van der Waals surface area contributed by atoms with E-state index in [2.05, 4.69) is 70.1 Å². The molecule has 38 heavy (non-hydrogen) atoms. The van der Waals surface area contributed by atoms with Crippen molar-refractivity contribution >= 4 is 39.1 Å². The Morgan fingerprint density at radius 3 is 2.13 bits per heavy atom. The largest absolute Gasteiger partial charge is 0.744 e. The van der Waals surface area contributed by atoms with Gasteiger partial charge in [-0.25, -0.2) is 17.4 Å². The van der Waals surface area contributed by atoms with Crippen LogP contribution in [0.15, 0.2) is 118 Å². The maximum atomic E-state index is 11.2. The zero-order chi connectivity index (χ0) is 27.3. The van der Waals surface area contributed by atoms with Gasteiger partial charge in [-0.15, -0.1) is 0 Å². The summed E-state index contributed by atoms with van der Waals surface area (Å²) in [6.07, 6.45) is 4.29. The van der Waals surface area contributed by atoms with E-state index < -0.39 is 10.1 Å². The average molecular weight is 546 g/mol. The summed E-state index contributed by atoms with van der Waals surface area (Å²) in [6.45, 7) is 3.33. The summed E-state index contributed by atoms with van der Waals surface area (Å²) in [7, 11) is -2.20. The highest BCUT2D eigenvalue weighted by molar-refractivity contribution is 7.99. The number of carbonyl (C=O) groups excluding carboxylic acids is 1. The van der Waals surface area contributed by atoms with Crippen LogP contribution < -0.4 is 9.72 Å². The van der Waals surface area contributed by atoms with E-state index in [0.717, 1.165) is 28.2 Å². The lowest BCUT2D eigenvalue weighted by Crippen LogP contribution is -2.18. The third-order valence-corrected chi connectivity index (χ3v) is 7.52. The molecule has 0 bridgehead atoms. The summed E-state index contributed by atoms with van der Waals surface area (Å²) in [4.78, 5) is 13.4. The van der Waals surface area contributed by atoms with Crippen LogP contribution in [0.3, 0.4) is 0 Å². The van der Waals surface area contributed by atoms with Gasteiger partial charge in [0.15, 0.2) is 5.69 Å². The van der Waals surface area contributed by atoms with E-state index >= 15 is 0 Å². The number of rotatable bonds is 5. The fraction of sp³-hybridized carbons (Fsp3) is 0.103. The lowest BCUT2D eigenvalue weighted by atomic mass is 10.1. The van der Waals surface area contributed by atoms with Crippen LogP contribution in [0.5, 0.6) is 0 Å². The number of nitrogens with zero attached hydrogens (tertiary/aromatic N) is 2. The van der Waals surface area contributed by atoms with Gasteiger partial charge in [0.1, 0.15) is 22.5 Å². The van der Waals surface area contributed by atoms with Crippen molar-refractivity contribution in [1.82, 2.24) is 4.57 Å². The number of imidazole rings is 1. The van der Waals surface area contributed by atoms with Crippen molar-refractivity contribution < 1.29 is 22.2 Å². The Morgan fingerprint density at radius 2 is 1.53 bits per heavy atom. The minimum atomic E-state index is -4.27. The van der Waals surface area contributed by atoms with Crippen molar-refractivity contribution in [1.29, 1.82) is 0 Å². The molecule has 0 saturated heterocycles. The topological polar surface area (TPSA) is 95.3 Å². The number of hydrogen-bond acceptors (Lipinski definition) is 5. The Labute approximate surface area is 226 Å². The van der Waals surface area contributed by atoms with Gasteiger partial charge in [-0.05, 0) is 61.5 Å². The fourth-order valence-electron chi connectivity index (χ4n) is 3.80. The SMILES string of the molecule is CC(=O)Nc1ccc(-c2c[n+]3cc(Sc4ccccc4)ccc3n2C)cc1.Cc1ccc(S(=O)(=O)[O-])cc1. The number of benzene rings is 3. The molecule has 5 aromatic rings. The van der Waals surface area contributed by atoms with Crippen molar-refractivity contribution in [3.8, 4) is 11.3 Å². The third-order valence-electron chi connectivity index (χ3n) is 5.68. The lowest BCUT2D eigenvalue weighted by molar-refractivity contribution is -0.512. The van der Waals surface area contributed by atoms with Gasteiger partial charge in [-0.2, -0.15) is 0 Å². The molecule has 0 aliphatic heterocycles. The second-order valence-electron chi connectivity index (χ2n) is 8.64. The van der Waals surface area contributed by atoms with Crippen LogP contribution in [-0.2, 0) is 22.0 Å². The van der Waals surface area contributed by atoms with Crippen molar-refractivity contribution in [2.75, 3.05) is 5.32 Å². The fourth-order valence-corrected chi connectivity index (χ4v) is 5.14. The van der Waals surface area contributed by atoms with E-state index in [0.29, 0.717) is 0 Å². The highest BCUT2D eigenvalue weighted by atomic mass is 32.2. The van der Waals surface area contributed by atoms with E-state index in [9.17, 15) is 17.8 Å². The van der Waals surface area contributed by atoms with Gasteiger partial charge in [0.05, 0.1) is 16.8 Å². The third kappa shape index (κ3) is 6.89. The van der Waals surface area contributed by atoms with E-state index in [1.54, 1.807) is 23.9 Å². The number of pyridine rings is 1. The predicted molar refractivity (Wildman–Crippen MR) is 148 cm³/mol. The molecule has 0 fully saturated rings. The Hall–Kier alpha value is -3.92. The first kappa shape index (κ1) is 27.1. The number of aryl methyl sites for hydroxylation is 2. The number of hydrogen-bond donors (Lipinski definition) is 1. The number of aromatic nitrogens is 2. The first-order valence-electron chi connectivity index (χ1n) is 11.7. The maximum Gasteiger partial charge on any atom is 0.286 e. The zero-order valence-corrected chi connectivity index (χ0v) is 22.8. The van der Waals surface area contributed by atoms with Gasteiger partial charge in [-0.1, -0.05) is 47.7 Å². The smallest absolute Gasteiger partial charge is 0.286 e. The molecule has 2 aromatic heterocycles. The number of nitrogens with one attached hydrogen (secondary N) is 1. The summed E-state index contributed by atoms with van der Waals surface area (Å²) < 4.78 is 35.5. The normalized spacial score (nSPS) is 11.1. The second kappa shape index (κ2) is 11.6. The van der Waals surface area contributed by atoms with Crippen LogP contribution in [0.1, 0.15) is 12.5 Å². The number of fused-ring (bicyclic) bond motifs is 1. The van der Waals surface area contributed by atoms with Crippen LogP contribution >= 0.6 is 11.8 Å². The molecule has 0 aliphatic carbocycles. The minimum Gasteiger partial charge on any atom is -0.744 e. The van der Waals surface area contributed by atoms with Gasteiger partial charge in [0, 0.05) is 29.1 Å². The van der Waals surface area contributed by atoms with Crippen LogP contribution in [0.25, 0.3) is 16.9 Å². The minimum absolute atomic E-state index is 0.0636. The van der Waals surface area contributed by atoms with E-state index in [4.69, 9.17) is 0 Å². The summed E-state index contributed by atoms with van der Waals surface area (Å²) in [5, 5.41) is 2.80. The Balaban J connectivity index is 0.000000257. The quantitative estimate of drug-likeness (QED) is 0.234. The van der Waals surface area contributed by atoms with Crippen molar-refractivity contribution in [3.63, 3.8) is 0 Å². The molecule has 7 nitrogen and oxygen atoms in total. The van der Waals surface area contributed by atoms with Gasteiger partial charge < -0.3 is 9.87 Å². The molecule has 5 rings (SSSR count). The summed E-state index contributed by atoms with van der Waals surface area (Å²) >= 11 is 1.75. The number of carbonyl (C=O) groups is 1. The molecular formula is C29H27N3O4S2. The van der Waals surface area contributed by atoms with Gasteiger partial charge in [0.2, 0.25) is 5.91 Å². The Kier molecular flexibility index (Phi) is 8.31. The second-order valence-corrected chi connectivity index (χ2v) is 11.2. The summed E-state index contributed by atoms with van der Waals surface area (Å²) in [5.41, 5.74) is 5.07. The molecule has 0 aliphatic rings. The molecule has 194 valence electrons. The first-order valence-corrected chi connectivity index (χ1v) is 14.0. The number of amides is 1. The predicted octanol–water partition coefficient (Wildman–Crippen LogP) is 5.44. The van der Waals surface area contributed by atoms with E-state index in [1.807, 2.05) is 37.3 Å². The molecule has 0 unspecified atom stereocenters. The molecule has 3 aromatic carbocycles. The molecule has 9 heteroatoms. The zero-order valence-electron chi connectivity index (χ0n) is 21.2. The van der Waals surface area contributed by atoms with Crippen molar-refractivity contribution in [2.24, 2.45) is 7.05 Å². The van der Waals surface area contributed by atoms with Crippen LogP contribution in [0, 0.1) is 6.92 Å². The Morgan fingerprint density at radius 1 is 0.868 bits per heavy atom. The molecular weight excluding hydrogens is 518 g/mol.